The van der Waals surface area contributed by atoms with E-state index in [4.69, 9.17) is 8.22 Å². The van der Waals surface area contributed by atoms with Gasteiger partial charge in [0.15, 0.2) is 5.69 Å². The summed E-state index contributed by atoms with van der Waals surface area (Å²) in [7, 11) is 1.85. The number of amides is 1. The van der Waals surface area contributed by atoms with E-state index in [9.17, 15) is 22.8 Å². The summed E-state index contributed by atoms with van der Waals surface area (Å²) >= 11 is 0. The maximum Gasteiger partial charge on any atom is 0.435 e. The van der Waals surface area contributed by atoms with Gasteiger partial charge in [-0.05, 0) is 74.7 Å². The molecule has 0 saturated carbocycles. The van der Waals surface area contributed by atoms with Crippen LogP contribution in [0.3, 0.4) is 0 Å². The van der Waals surface area contributed by atoms with E-state index < -0.39 is 42.7 Å². The molecule has 1 aliphatic heterocycles. The van der Waals surface area contributed by atoms with Gasteiger partial charge in [-0.2, -0.15) is 18.3 Å². The minimum Gasteiger partial charge on any atom is -0.345 e. The SMILES string of the molecule is [2H]C([2H])([2H])N(C(=O)c1ccc(C2CCN([C@@H](C)c3cc4c(-n5ccc6[nH]nc(C(F)(F)F)c6c5=O)ccnc4n3C)CC2)cc1)C([2H])([2H])[2H]. The monoisotopic (exact) mass is 597 g/mol. The molecule has 0 radical (unpaired) electrons. The second-order valence-corrected chi connectivity index (χ2v) is 10.8. The molecule has 6 rings (SSSR count). The van der Waals surface area contributed by atoms with Crippen molar-refractivity contribution in [2.24, 2.45) is 7.05 Å². The number of alkyl halides is 3. The first-order chi connectivity index (χ1) is 22.9. The number of H-pyrrole nitrogens is 1. The molecule has 1 saturated heterocycles. The molecular weight excluding hydrogens is 559 g/mol. The van der Waals surface area contributed by atoms with Crippen molar-refractivity contribution in [2.45, 2.75) is 37.9 Å². The summed E-state index contributed by atoms with van der Waals surface area (Å²) < 4.78 is 89.0. The molecule has 1 N–H and O–H groups in total. The van der Waals surface area contributed by atoms with E-state index >= 15 is 0 Å². The minimum atomic E-state index is -4.81. The molecule has 1 fully saturated rings. The number of pyridine rings is 2. The number of carbonyl (C=O) groups excluding carboxylic acids is 1. The maximum absolute atomic E-state index is 13.6. The normalized spacial score (nSPS) is 18.4. The number of nitrogens with zero attached hydrogens (tertiary/aromatic N) is 6. The van der Waals surface area contributed by atoms with Crippen molar-refractivity contribution >= 4 is 27.8 Å². The lowest BCUT2D eigenvalue weighted by Gasteiger charge is -2.36. The zero-order chi connectivity index (χ0) is 35.6. The number of carbonyl (C=O) groups is 1. The molecule has 5 aromatic rings. The van der Waals surface area contributed by atoms with Gasteiger partial charge in [0.1, 0.15) is 5.65 Å². The standard InChI is InChI=1S/C31H32F3N7O2/c1-18(40-14-10-20(11-15-40)19-5-7-21(8-6-19)29(42)38(2)3)25-17-22-24(9-13-35-28(22)39(25)4)41-16-12-23-26(30(41)43)27(37-36-23)31(32,33)34/h5-9,12-13,16-18,20H,10-11,14-15H2,1-4H3,(H,36,37)/t18-/m0/s1/i2D3,3D3. The van der Waals surface area contributed by atoms with Crippen molar-refractivity contribution in [3.05, 3.63) is 87.7 Å². The smallest absolute Gasteiger partial charge is 0.345 e. The summed E-state index contributed by atoms with van der Waals surface area (Å²) in [5, 5.41) is 5.69. The lowest BCUT2D eigenvalue weighted by molar-refractivity contribution is -0.140. The van der Waals surface area contributed by atoms with Gasteiger partial charge in [0.05, 0.1) is 16.6 Å². The van der Waals surface area contributed by atoms with Crippen molar-refractivity contribution in [3.63, 3.8) is 0 Å². The number of aryl methyl sites for hydroxylation is 1. The van der Waals surface area contributed by atoms with Gasteiger partial charge in [-0.25, -0.2) is 4.98 Å². The molecule has 224 valence electrons. The number of likely N-dealkylation sites (tertiary alicyclic amines) is 1. The van der Waals surface area contributed by atoms with Gasteiger partial charge in [0.25, 0.3) is 11.5 Å². The third-order valence-corrected chi connectivity index (χ3v) is 8.43. The van der Waals surface area contributed by atoms with Crippen LogP contribution in [0.5, 0.6) is 0 Å². The van der Waals surface area contributed by atoms with Crippen LogP contribution < -0.4 is 5.56 Å². The summed E-state index contributed by atoms with van der Waals surface area (Å²) in [6, 6.07) is 11.2. The first kappa shape index (κ1) is 22.1. The molecular formula is C31H32F3N7O2. The van der Waals surface area contributed by atoms with Crippen LogP contribution in [0.15, 0.2) is 59.7 Å². The molecule has 43 heavy (non-hydrogen) atoms. The molecule has 0 aliphatic carbocycles. The van der Waals surface area contributed by atoms with E-state index in [-0.39, 0.29) is 27.9 Å². The van der Waals surface area contributed by atoms with E-state index in [0.29, 0.717) is 16.7 Å². The van der Waals surface area contributed by atoms with Crippen LogP contribution in [0, 0.1) is 0 Å². The highest BCUT2D eigenvalue weighted by Crippen LogP contribution is 2.35. The molecule has 0 bridgehead atoms. The Morgan fingerprint density at radius 3 is 2.53 bits per heavy atom. The molecule has 0 unspecified atom stereocenters. The Morgan fingerprint density at radius 1 is 1.14 bits per heavy atom. The van der Waals surface area contributed by atoms with Crippen LogP contribution in [0.25, 0.3) is 27.6 Å². The average molecular weight is 598 g/mol. The van der Waals surface area contributed by atoms with Gasteiger partial charge in [-0.3, -0.25) is 24.2 Å². The van der Waals surface area contributed by atoms with E-state index in [0.717, 1.165) is 37.2 Å². The van der Waals surface area contributed by atoms with Crippen LogP contribution in [-0.2, 0) is 13.2 Å². The third-order valence-electron chi connectivity index (χ3n) is 8.43. The van der Waals surface area contributed by atoms with Crippen LogP contribution in [0.4, 0.5) is 13.2 Å². The van der Waals surface area contributed by atoms with Gasteiger partial charge in [-0.1, -0.05) is 12.1 Å². The first-order valence-electron chi connectivity index (χ1n) is 16.7. The molecule has 12 heteroatoms. The molecule has 9 nitrogen and oxygen atoms in total. The van der Waals surface area contributed by atoms with Crippen molar-refractivity contribution in [3.8, 4) is 5.69 Å². The Hall–Kier alpha value is -4.45. The predicted octanol–water partition coefficient (Wildman–Crippen LogP) is 5.26. The number of rotatable bonds is 5. The second kappa shape index (κ2) is 10.7. The summed E-state index contributed by atoms with van der Waals surface area (Å²) in [5.74, 6) is -0.943. The summed E-state index contributed by atoms with van der Waals surface area (Å²) in [6.45, 7) is -2.76. The molecule has 1 aliphatic rings. The van der Waals surface area contributed by atoms with Crippen molar-refractivity contribution < 1.29 is 26.2 Å². The second-order valence-electron chi connectivity index (χ2n) is 10.8. The molecule has 4 aromatic heterocycles. The predicted molar refractivity (Wildman–Crippen MR) is 157 cm³/mol. The highest BCUT2D eigenvalue weighted by Gasteiger charge is 2.37. The van der Waals surface area contributed by atoms with E-state index in [1.807, 2.05) is 17.7 Å². The number of benzene rings is 1. The number of piperidine rings is 1. The number of hydrogen-bond acceptors (Lipinski definition) is 5. The van der Waals surface area contributed by atoms with Crippen molar-refractivity contribution in [2.75, 3.05) is 27.0 Å². The fourth-order valence-corrected chi connectivity index (χ4v) is 6.09. The van der Waals surface area contributed by atoms with Gasteiger partial charge in [0, 0.05) is 64.3 Å². The summed E-state index contributed by atoms with van der Waals surface area (Å²) in [6.07, 6.45) is -0.318. The number of aromatic amines is 1. The fourth-order valence-electron chi connectivity index (χ4n) is 6.09. The minimum absolute atomic E-state index is 0.0114. The number of fused-ring (bicyclic) bond motifs is 2. The lowest BCUT2D eigenvalue weighted by Crippen LogP contribution is -2.35. The number of nitrogens with one attached hydrogen (secondary N) is 1. The lowest BCUT2D eigenvalue weighted by atomic mass is 9.88. The number of aromatic nitrogens is 5. The maximum atomic E-state index is 13.6. The van der Waals surface area contributed by atoms with Gasteiger partial charge >= 0.3 is 6.18 Å². The largest absolute Gasteiger partial charge is 0.435 e. The summed E-state index contributed by atoms with van der Waals surface area (Å²) in [5.41, 5.74) is 0.646. The van der Waals surface area contributed by atoms with Crippen LogP contribution in [0.1, 0.15) is 67.3 Å². The van der Waals surface area contributed by atoms with E-state index in [2.05, 4.69) is 27.0 Å². The Balaban J connectivity index is 1.21. The molecule has 0 spiro atoms. The Morgan fingerprint density at radius 2 is 1.86 bits per heavy atom. The van der Waals surface area contributed by atoms with Crippen LogP contribution in [-0.4, -0.2) is 67.1 Å². The van der Waals surface area contributed by atoms with E-state index in [1.165, 1.54) is 35.2 Å². The molecule has 1 aromatic carbocycles. The Bertz CT molecular complexity index is 2080. The van der Waals surface area contributed by atoms with Gasteiger partial charge in [-0.15, -0.1) is 0 Å². The topological polar surface area (TPSA) is 92.1 Å². The Kier molecular flexibility index (Phi) is 5.50. The summed E-state index contributed by atoms with van der Waals surface area (Å²) in [4.78, 5) is 32.9. The van der Waals surface area contributed by atoms with Crippen LogP contribution in [0.2, 0.25) is 0 Å². The van der Waals surface area contributed by atoms with Crippen LogP contribution >= 0.6 is 0 Å². The van der Waals surface area contributed by atoms with Crippen molar-refractivity contribution in [1.82, 2.24) is 34.1 Å². The van der Waals surface area contributed by atoms with E-state index in [1.54, 1.807) is 18.2 Å². The number of halogens is 3. The number of hydrogen-bond donors (Lipinski definition) is 1. The first-order valence-corrected chi connectivity index (χ1v) is 13.7. The third kappa shape index (κ3) is 4.99. The zero-order valence-electron chi connectivity index (χ0n) is 29.3. The Labute approximate surface area is 254 Å². The quantitative estimate of drug-likeness (QED) is 0.299. The molecule has 1 amide bonds. The highest BCUT2D eigenvalue weighted by atomic mass is 19.4. The fraction of sp³-hybridized carbons (Fsp3) is 0.355. The van der Waals surface area contributed by atoms with Gasteiger partial charge < -0.3 is 9.47 Å². The highest BCUT2D eigenvalue weighted by molar-refractivity contribution is 5.94. The van der Waals surface area contributed by atoms with Crippen molar-refractivity contribution in [1.29, 1.82) is 0 Å². The zero-order valence-corrected chi connectivity index (χ0v) is 23.3. The molecule has 1 atom stereocenters. The molecule has 5 heterocycles. The average Bonchev–Trinajstić information content (AvgIpc) is 3.62. The van der Waals surface area contributed by atoms with Gasteiger partial charge in [0.2, 0.25) is 0 Å².